The van der Waals surface area contributed by atoms with Crippen molar-refractivity contribution in [1.29, 1.82) is 0 Å². The molecule has 0 heterocycles. The number of hydrogen-bond acceptors (Lipinski definition) is 7. The summed E-state index contributed by atoms with van der Waals surface area (Å²) >= 11 is 25.7. The largest absolute Gasteiger partial charge is 0.387 e. The van der Waals surface area contributed by atoms with Gasteiger partial charge in [0, 0.05) is 26.7 Å². The lowest BCUT2D eigenvalue weighted by atomic mass is 10.9. The van der Waals surface area contributed by atoms with Gasteiger partial charge in [0.1, 0.15) is 6.35 Å². The van der Waals surface area contributed by atoms with E-state index < -0.39 is 32.6 Å². The minimum atomic E-state index is -2.69. The van der Waals surface area contributed by atoms with Crippen molar-refractivity contribution in [2.75, 3.05) is 58.6 Å². The molecule has 27 heavy (non-hydrogen) atoms. The molecule has 0 radical (unpaired) electrons. The van der Waals surface area contributed by atoms with E-state index in [4.69, 9.17) is 61.7 Å². The molecule has 0 aliphatic heterocycles. The van der Waals surface area contributed by atoms with Crippen LogP contribution < -0.4 is 5.32 Å². The van der Waals surface area contributed by atoms with Gasteiger partial charge < -0.3 is 28.6 Å². The van der Waals surface area contributed by atoms with Crippen LogP contribution in [-0.2, 0) is 22.8 Å². The zero-order chi connectivity index (χ0) is 22.2. The molecule has 0 saturated heterocycles. The molecule has 4 atom stereocenters. The zero-order valence-corrected chi connectivity index (χ0v) is 22.9. The van der Waals surface area contributed by atoms with E-state index in [9.17, 15) is 18.3 Å². The number of halogens is 5. The maximum Gasteiger partial charge on any atom is 0.287 e. The van der Waals surface area contributed by atoms with Gasteiger partial charge in [0.25, 0.3) is 6.72 Å². The molecule has 0 amide bonds. The van der Waals surface area contributed by atoms with Gasteiger partial charge in [-0.05, 0) is 25.2 Å². The van der Waals surface area contributed by atoms with Crippen LogP contribution in [0.25, 0.3) is 0 Å². The van der Waals surface area contributed by atoms with Gasteiger partial charge in [-0.25, -0.2) is 0 Å². The van der Waals surface area contributed by atoms with Gasteiger partial charge in [-0.1, -0.05) is 41.1 Å². The van der Waals surface area contributed by atoms with E-state index in [1.54, 1.807) is 14.0 Å². The Labute approximate surface area is 188 Å². The van der Waals surface area contributed by atoms with Gasteiger partial charge in [-0.15, -0.1) is 11.6 Å². The van der Waals surface area contributed by atoms with E-state index in [1.807, 2.05) is 0 Å². The number of hydrogen-bond donors (Lipinski definition) is 2. The summed E-state index contributed by atoms with van der Waals surface area (Å²) < 4.78 is 45.7. The first-order chi connectivity index (χ1) is 11.2. The molecular weight excluding hydrogens is 543 g/mol. The molecule has 4 unspecified atom stereocenters. The number of alkyl halides is 1. The Balaban J connectivity index is -0.0000000789. The number of nitrogens with one attached hydrogen (secondary N) is 1. The maximum atomic E-state index is 10.5. The molecule has 0 aliphatic rings. The Morgan fingerprint density at radius 1 is 0.889 bits per heavy atom. The third-order valence-electron chi connectivity index (χ3n) is 1.27. The molecule has 0 fully saturated rings. The number of rotatable bonds is 6. The van der Waals surface area contributed by atoms with Crippen LogP contribution in [0, 0.1) is 0 Å². The van der Waals surface area contributed by atoms with Crippen molar-refractivity contribution in [2.24, 2.45) is 0 Å². The Bertz CT molecular complexity index is 469. The predicted octanol–water partition coefficient (Wildman–Crippen LogP) is 7.44. The van der Waals surface area contributed by atoms with Gasteiger partial charge in [0.05, 0.1) is 18.5 Å². The second-order valence-corrected chi connectivity index (χ2v) is 22.4. The Morgan fingerprint density at radius 3 is 1.19 bits per heavy atom. The molecule has 0 saturated carbocycles. The van der Waals surface area contributed by atoms with E-state index in [0.29, 0.717) is 12.9 Å². The fourth-order valence-corrected chi connectivity index (χ4v) is 2.19. The monoisotopic (exact) mass is 573 g/mol. The topological polar surface area (TPSA) is 110 Å². The predicted molar refractivity (Wildman–Crippen MR) is 128 cm³/mol. The first-order valence-electron chi connectivity index (χ1n) is 6.76. The van der Waals surface area contributed by atoms with Crippen molar-refractivity contribution in [2.45, 2.75) is 14.4 Å². The number of aliphatic hydroxyl groups excluding tert-OH is 1. The first kappa shape index (κ1) is 39.7. The molecule has 0 aromatic carbocycles. The lowest BCUT2D eigenvalue weighted by Gasteiger charge is -1.99. The molecule has 0 aromatic heterocycles. The van der Waals surface area contributed by atoms with Crippen LogP contribution in [0.4, 0.5) is 0 Å². The van der Waals surface area contributed by atoms with Crippen LogP contribution in [0.3, 0.4) is 0 Å². The standard InChI is InChI=1S/C3H9ClNOP.C3H8ClO2P.C2H5Cl2OP.C2H6ClO2P.CH4/c1-5-3-7(2,4)6;1-3-6-7(2,4)5;1-6(4,5)2-3;1-6(3,5)2-4;/h5H,3H2,1-2H3;3H2,1-2H3;2H2,1H3;4H,2H2,1H3;1H4. The highest BCUT2D eigenvalue weighted by Gasteiger charge is 2.07. The first-order valence-corrected chi connectivity index (χ1v) is 20.0. The van der Waals surface area contributed by atoms with Gasteiger partial charge in [-0.3, -0.25) is 4.57 Å². The third-order valence-corrected chi connectivity index (χ3v) is 6.87. The molecule has 0 bridgehead atoms. The molecule has 172 valence electrons. The Morgan fingerprint density at radius 2 is 1.19 bits per heavy atom. The van der Waals surface area contributed by atoms with Crippen LogP contribution >= 0.6 is 82.8 Å². The molecule has 2 N–H and O–H groups in total. The summed E-state index contributed by atoms with van der Waals surface area (Å²) in [6, 6.07) is 0. The summed E-state index contributed by atoms with van der Waals surface area (Å²) in [5.41, 5.74) is 0.0640. The summed E-state index contributed by atoms with van der Waals surface area (Å²) in [6.07, 6.45) is 0.00309. The second-order valence-electron chi connectivity index (χ2n) is 4.89. The van der Waals surface area contributed by atoms with Crippen molar-refractivity contribution in [3.8, 4) is 0 Å². The highest BCUT2D eigenvalue weighted by molar-refractivity contribution is 7.89. The van der Waals surface area contributed by atoms with Crippen molar-refractivity contribution in [3.05, 3.63) is 0 Å². The van der Waals surface area contributed by atoms with Crippen molar-refractivity contribution < 1.29 is 27.9 Å². The molecule has 0 rings (SSSR count). The quantitative estimate of drug-likeness (QED) is 0.250. The van der Waals surface area contributed by atoms with Crippen LogP contribution in [0.15, 0.2) is 0 Å². The number of aliphatic hydroxyl groups is 1. The van der Waals surface area contributed by atoms with Gasteiger partial charge >= 0.3 is 0 Å². The van der Waals surface area contributed by atoms with Crippen molar-refractivity contribution in [1.82, 2.24) is 5.32 Å². The smallest absolute Gasteiger partial charge is 0.287 e. The average molecular weight is 576 g/mol. The van der Waals surface area contributed by atoms with E-state index in [2.05, 4.69) is 9.84 Å². The minimum absolute atomic E-state index is 0. The van der Waals surface area contributed by atoms with Crippen LogP contribution in [0.2, 0.25) is 0 Å². The fourth-order valence-electron chi connectivity index (χ4n) is 0.513. The third kappa shape index (κ3) is 73.7. The van der Waals surface area contributed by atoms with Gasteiger partial charge in [-0.2, -0.15) is 0 Å². The highest BCUT2D eigenvalue weighted by Crippen LogP contribution is 2.48. The molecule has 0 aromatic rings. The van der Waals surface area contributed by atoms with Crippen LogP contribution in [-0.4, -0.2) is 63.7 Å². The highest BCUT2D eigenvalue weighted by atomic mass is 35.7. The van der Waals surface area contributed by atoms with Crippen LogP contribution in [0.5, 0.6) is 0 Å². The lowest BCUT2D eigenvalue weighted by molar-refractivity contribution is 0.349. The van der Waals surface area contributed by atoms with Crippen LogP contribution in [0.1, 0.15) is 14.4 Å². The Hall–Kier alpha value is 2.25. The second kappa shape index (κ2) is 20.2. The molecule has 0 aliphatic carbocycles. The van der Waals surface area contributed by atoms with Crippen molar-refractivity contribution in [3.63, 3.8) is 0 Å². The van der Waals surface area contributed by atoms with E-state index in [0.717, 1.165) is 0 Å². The lowest BCUT2D eigenvalue weighted by Crippen LogP contribution is -2.04. The molecule has 7 nitrogen and oxygen atoms in total. The zero-order valence-electron chi connectivity index (χ0n) is 15.5. The summed E-state index contributed by atoms with van der Waals surface area (Å²) in [5.74, 6) is 0. The average Bonchev–Trinajstić information content (AvgIpc) is 2.36. The fraction of sp³-hybridized carbons (Fsp3) is 1.00. The van der Waals surface area contributed by atoms with E-state index in [1.165, 1.54) is 26.7 Å². The Kier molecular flexibility index (Phi) is 29.7. The summed E-state index contributed by atoms with van der Waals surface area (Å²) in [6.45, 7) is -2.21. The summed E-state index contributed by atoms with van der Waals surface area (Å²) in [7, 11) is 1.72. The molecular formula is C11H32Cl5NO6P4. The normalized spacial score (nSPS) is 18.5. The van der Waals surface area contributed by atoms with Crippen molar-refractivity contribution >= 4 is 82.8 Å². The molecule has 16 heteroatoms. The summed E-state index contributed by atoms with van der Waals surface area (Å²) in [5, 5.41) is 10.7. The minimum Gasteiger partial charge on any atom is -0.387 e. The van der Waals surface area contributed by atoms with E-state index in [-0.39, 0.29) is 13.0 Å². The van der Waals surface area contributed by atoms with Gasteiger partial charge in [0.15, 0.2) is 19.5 Å². The van der Waals surface area contributed by atoms with E-state index >= 15 is 0 Å². The maximum absolute atomic E-state index is 10.5. The van der Waals surface area contributed by atoms with Gasteiger partial charge in [0.2, 0.25) is 0 Å². The SMILES string of the molecule is C.CCOP(C)(=O)Cl.CNCP(C)(=O)Cl.CP(=O)(Cl)CCl.CP(=O)(Cl)CO. The molecule has 0 spiro atoms. The summed E-state index contributed by atoms with van der Waals surface area (Å²) in [4.78, 5) is 0.